The highest BCUT2D eigenvalue weighted by atomic mass is 19.4. The molecule has 28 heavy (non-hydrogen) atoms. The Morgan fingerprint density at radius 1 is 1.21 bits per heavy atom. The highest BCUT2D eigenvalue weighted by Crippen LogP contribution is 2.29. The SMILES string of the molecule is Cc1cc(F)c(C[C@@H](O)CC(=O)N2CCn3c(nnc3C(F)(F)F)C2)cc1F. The molecule has 0 radical (unpaired) electrons. The maximum absolute atomic E-state index is 13.9. The lowest BCUT2D eigenvalue weighted by Crippen LogP contribution is -2.40. The van der Waals surface area contributed by atoms with Crippen LogP contribution in [-0.4, -0.2) is 43.3 Å². The van der Waals surface area contributed by atoms with E-state index in [0.29, 0.717) is 0 Å². The van der Waals surface area contributed by atoms with Crippen molar-refractivity contribution in [2.45, 2.75) is 45.1 Å². The number of aliphatic hydroxyl groups excluding tert-OH is 1. The molecule has 1 atom stereocenters. The first-order chi connectivity index (χ1) is 13.1. The smallest absolute Gasteiger partial charge is 0.392 e. The Hall–Kier alpha value is -2.56. The van der Waals surface area contributed by atoms with Gasteiger partial charge in [0.2, 0.25) is 11.7 Å². The normalized spacial score (nSPS) is 15.5. The molecule has 11 heteroatoms. The molecule has 1 amide bonds. The van der Waals surface area contributed by atoms with Gasteiger partial charge in [-0.15, -0.1) is 10.2 Å². The molecule has 0 saturated heterocycles. The second-order valence-corrected chi connectivity index (χ2v) is 6.66. The molecule has 1 N–H and O–H groups in total. The topological polar surface area (TPSA) is 71.2 Å². The molecule has 0 spiro atoms. The van der Waals surface area contributed by atoms with Gasteiger partial charge >= 0.3 is 6.18 Å². The fourth-order valence-corrected chi connectivity index (χ4v) is 3.08. The quantitative estimate of drug-likeness (QED) is 0.794. The molecule has 1 aliphatic rings. The van der Waals surface area contributed by atoms with Gasteiger partial charge in [-0.3, -0.25) is 4.79 Å². The molecule has 6 nitrogen and oxygen atoms in total. The highest BCUT2D eigenvalue weighted by molar-refractivity contribution is 5.76. The van der Waals surface area contributed by atoms with E-state index in [-0.39, 0.29) is 49.4 Å². The van der Waals surface area contributed by atoms with E-state index < -0.39 is 35.6 Å². The summed E-state index contributed by atoms with van der Waals surface area (Å²) < 4.78 is 66.8. The number of nitrogens with zero attached hydrogens (tertiary/aromatic N) is 4. The number of halogens is 5. The Kier molecular flexibility index (Phi) is 5.37. The number of hydrogen-bond acceptors (Lipinski definition) is 4. The zero-order chi connectivity index (χ0) is 20.6. The number of aliphatic hydroxyl groups is 1. The Labute approximate surface area is 156 Å². The second kappa shape index (κ2) is 7.46. The monoisotopic (exact) mass is 404 g/mol. The van der Waals surface area contributed by atoms with Crippen LogP contribution in [0, 0.1) is 18.6 Å². The summed E-state index contributed by atoms with van der Waals surface area (Å²) in [5.74, 6) is -2.95. The number of aryl methyl sites for hydroxylation is 1. The molecule has 1 aromatic heterocycles. The molecule has 0 aliphatic carbocycles. The van der Waals surface area contributed by atoms with Crippen LogP contribution >= 0.6 is 0 Å². The number of hydrogen-bond donors (Lipinski definition) is 1. The summed E-state index contributed by atoms with van der Waals surface area (Å²) in [6.07, 6.45) is -6.55. The third kappa shape index (κ3) is 4.13. The number of benzene rings is 1. The maximum Gasteiger partial charge on any atom is 0.451 e. The van der Waals surface area contributed by atoms with Gasteiger partial charge < -0.3 is 14.6 Å². The molecule has 152 valence electrons. The number of amides is 1. The molecule has 1 aliphatic heterocycles. The van der Waals surface area contributed by atoms with Crippen molar-refractivity contribution in [1.29, 1.82) is 0 Å². The van der Waals surface area contributed by atoms with Crippen LogP contribution < -0.4 is 0 Å². The summed E-state index contributed by atoms with van der Waals surface area (Å²) in [5.41, 5.74) is 0.0686. The van der Waals surface area contributed by atoms with Gasteiger partial charge in [-0.05, 0) is 30.2 Å². The van der Waals surface area contributed by atoms with Crippen LogP contribution in [0.1, 0.15) is 29.2 Å². The van der Waals surface area contributed by atoms with E-state index in [1.807, 2.05) is 0 Å². The molecule has 0 fully saturated rings. The molecule has 0 unspecified atom stereocenters. The van der Waals surface area contributed by atoms with Gasteiger partial charge in [-0.1, -0.05) is 0 Å². The lowest BCUT2D eigenvalue weighted by Gasteiger charge is -2.28. The number of rotatable bonds is 4. The third-order valence-electron chi connectivity index (χ3n) is 4.55. The van der Waals surface area contributed by atoms with E-state index in [1.54, 1.807) is 0 Å². The average molecular weight is 404 g/mol. The van der Waals surface area contributed by atoms with Crippen molar-refractivity contribution < 1.29 is 31.9 Å². The Bertz CT molecular complexity index is 896. The summed E-state index contributed by atoms with van der Waals surface area (Å²) in [6, 6.07) is 1.98. The predicted octanol–water partition coefficient (Wildman–Crippen LogP) is 2.22. The Morgan fingerprint density at radius 2 is 1.93 bits per heavy atom. The van der Waals surface area contributed by atoms with E-state index >= 15 is 0 Å². The largest absolute Gasteiger partial charge is 0.451 e. The van der Waals surface area contributed by atoms with Crippen LogP contribution in [0.5, 0.6) is 0 Å². The van der Waals surface area contributed by atoms with Crippen LogP contribution in [0.25, 0.3) is 0 Å². The van der Waals surface area contributed by atoms with Crippen molar-refractivity contribution in [3.05, 3.63) is 46.5 Å². The Balaban J connectivity index is 1.63. The summed E-state index contributed by atoms with van der Waals surface area (Å²) >= 11 is 0. The summed E-state index contributed by atoms with van der Waals surface area (Å²) in [5, 5.41) is 16.7. The van der Waals surface area contributed by atoms with Crippen molar-refractivity contribution in [3.8, 4) is 0 Å². The molecule has 2 aromatic rings. The predicted molar refractivity (Wildman–Crippen MR) is 85.9 cm³/mol. The van der Waals surface area contributed by atoms with Crippen LogP contribution in [0.2, 0.25) is 0 Å². The van der Waals surface area contributed by atoms with E-state index in [1.165, 1.54) is 11.8 Å². The minimum absolute atomic E-state index is 0.00642. The molecule has 3 rings (SSSR count). The van der Waals surface area contributed by atoms with Gasteiger partial charge in [0.1, 0.15) is 11.6 Å². The van der Waals surface area contributed by atoms with Crippen molar-refractivity contribution in [3.63, 3.8) is 0 Å². The molecule has 1 aromatic carbocycles. The van der Waals surface area contributed by atoms with E-state index in [2.05, 4.69) is 10.2 Å². The Morgan fingerprint density at radius 3 is 2.61 bits per heavy atom. The van der Waals surface area contributed by atoms with Gasteiger partial charge in [0.15, 0.2) is 5.82 Å². The minimum Gasteiger partial charge on any atom is -0.392 e. The van der Waals surface area contributed by atoms with Gasteiger partial charge in [-0.25, -0.2) is 8.78 Å². The standard InChI is InChI=1S/C17H17F5N4O2/c1-9-4-13(19)10(6-12(9)18)5-11(27)7-15(28)25-2-3-26-14(8-25)23-24-16(26)17(20,21)22/h4,6,11,27H,2-3,5,7-8H2,1H3/t11-/m1/s1. The number of fused-ring (bicyclic) bond motifs is 1. The van der Waals surface area contributed by atoms with Gasteiger partial charge in [0.05, 0.1) is 19.1 Å². The lowest BCUT2D eigenvalue weighted by atomic mass is 10.0. The van der Waals surface area contributed by atoms with Crippen molar-refractivity contribution in [2.75, 3.05) is 6.54 Å². The summed E-state index contributed by atoms with van der Waals surface area (Å²) in [7, 11) is 0. The fourth-order valence-electron chi connectivity index (χ4n) is 3.08. The van der Waals surface area contributed by atoms with Crippen LogP contribution in [-0.2, 0) is 30.5 Å². The van der Waals surface area contributed by atoms with E-state index in [9.17, 15) is 31.9 Å². The van der Waals surface area contributed by atoms with E-state index in [4.69, 9.17) is 0 Å². The number of aromatic nitrogens is 3. The molecular formula is C17H17F5N4O2. The van der Waals surface area contributed by atoms with Crippen LogP contribution in [0.3, 0.4) is 0 Å². The van der Waals surface area contributed by atoms with Crippen molar-refractivity contribution in [2.24, 2.45) is 0 Å². The fraction of sp³-hybridized carbons (Fsp3) is 0.471. The molecule has 0 saturated carbocycles. The van der Waals surface area contributed by atoms with Crippen LogP contribution in [0.4, 0.5) is 22.0 Å². The third-order valence-corrected chi connectivity index (χ3v) is 4.55. The van der Waals surface area contributed by atoms with Gasteiger partial charge in [0, 0.05) is 19.5 Å². The van der Waals surface area contributed by atoms with Crippen molar-refractivity contribution >= 4 is 5.91 Å². The number of carbonyl (C=O) groups excluding carboxylic acids is 1. The zero-order valence-electron chi connectivity index (χ0n) is 14.8. The summed E-state index contributed by atoms with van der Waals surface area (Å²) in [6.45, 7) is 1.09. The zero-order valence-corrected chi connectivity index (χ0v) is 14.8. The molecular weight excluding hydrogens is 387 g/mol. The first kappa shape index (κ1) is 20.2. The van der Waals surface area contributed by atoms with E-state index in [0.717, 1.165) is 16.7 Å². The number of alkyl halides is 3. The highest BCUT2D eigenvalue weighted by Gasteiger charge is 2.40. The maximum atomic E-state index is 13.9. The minimum atomic E-state index is -4.64. The van der Waals surface area contributed by atoms with Crippen molar-refractivity contribution in [1.82, 2.24) is 19.7 Å². The second-order valence-electron chi connectivity index (χ2n) is 6.66. The van der Waals surface area contributed by atoms with Gasteiger partial charge in [0.25, 0.3) is 0 Å². The molecule has 2 heterocycles. The van der Waals surface area contributed by atoms with Gasteiger partial charge in [-0.2, -0.15) is 13.2 Å². The number of carbonyl (C=O) groups is 1. The molecule has 0 bridgehead atoms. The van der Waals surface area contributed by atoms with Crippen LogP contribution in [0.15, 0.2) is 12.1 Å². The average Bonchev–Trinajstić information content (AvgIpc) is 3.03. The first-order valence-electron chi connectivity index (χ1n) is 8.46. The first-order valence-corrected chi connectivity index (χ1v) is 8.46. The summed E-state index contributed by atoms with van der Waals surface area (Å²) in [4.78, 5) is 13.6. The lowest BCUT2D eigenvalue weighted by molar-refractivity contribution is -0.148.